The van der Waals surface area contributed by atoms with Crippen molar-refractivity contribution in [2.45, 2.75) is 37.6 Å². The number of alkyl halides is 3. The molecule has 1 aliphatic carbocycles. The molecule has 1 saturated carbocycles. The summed E-state index contributed by atoms with van der Waals surface area (Å²) in [6.07, 6.45) is -1.38. The third-order valence-corrected chi connectivity index (χ3v) is 2.66. The quantitative estimate of drug-likeness (QED) is 0.812. The van der Waals surface area contributed by atoms with E-state index in [1.54, 1.807) is 0 Å². The molecule has 1 fully saturated rings. The van der Waals surface area contributed by atoms with Crippen LogP contribution in [0, 0.1) is 0 Å². The first kappa shape index (κ1) is 12.9. The number of nitrogens with zero attached hydrogens (tertiary/aromatic N) is 2. The van der Waals surface area contributed by atoms with E-state index in [1.807, 2.05) is 0 Å². The van der Waals surface area contributed by atoms with Crippen LogP contribution in [0.5, 0.6) is 0 Å². The van der Waals surface area contributed by atoms with Crippen LogP contribution < -0.4 is 11.1 Å². The van der Waals surface area contributed by atoms with Crippen LogP contribution in [0.4, 0.5) is 13.2 Å². The van der Waals surface area contributed by atoms with Crippen molar-refractivity contribution in [2.75, 3.05) is 0 Å². The molecule has 3 N–H and O–H groups in total. The van der Waals surface area contributed by atoms with E-state index in [9.17, 15) is 18.0 Å². The van der Waals surface area contributed by atoms with Crippen LogP contribution in [0.15, 0.2) is 12.3 Å². The second-order valence-electron chi connectivity index (χ2n) is 4.32. The molecule has 1 amide bonds. The first-order valence-corrected chi connectivity index (χ1v) is 5.52. The Hall–Kier alpha value is -1.57. The Balaban J connectivity index is 2.01. The normalized spacial score (nSPS) is 17.7. The molecule has 0 spiro atoms. The fourth-order valence-corrected chi connectivity index (χ4v) is 1.56. The SMILES string of the molecule is NC(=O)C(Cn1ccc(C(F)(F)F)n1)NC1CC1. The number of hydrogen-bond donors (Lipinski definition) is 2. The van der Waals surface area contributed by atoms with Gasteiger partial charge in [-0.1, -0.05) is 0 Å². The molecular weight excluding hydrogens is 249 g/mol. The Morgan fingerprint density at radius 3 is 2.72 bits per heavy atom. The minimum atomic E-state index is -4.47. The Bertz CT molecular complexity index is 439. The Morgan fingerprint density at radius 2 is 2.28 bits per heavy atom. The number of hydrogen-bond acceptors (Lipinski definition) is 3. The smallest absolute Gasteiger partial charge is 0.368 e. The molecule has 0 aromatic carbocycles. The maximum Gasteiger partial charge on any atom is 0.435 e. The molecule has 18 heavy (non-hydrogen) atoms. The van der Waals surface area contributed by atoms with E-state index in [0.717, 1.165) is 23.6 Å². The number of rotatable bonds is 5. The van der Waals surface area contributed by atoms with Crippen molar-refractivity contribution in [1.82, 2.24) is 15.1 Å². The van der Waals surface area contributed by atoms with Gasteiger partial charge in [0.2, 0.25) is 5.91 Å². The van der Waals surface area contributed by atoms with Crippen molar-refractivity contribution >= 4 is 5.91 Å². The molecule has 5 nitrogen and oxygen atoms in total. The van der Waals surface area contributed by atoms with Crippen molar-refractivity contribution in [1.29, 1.82) is 0 Å². The van der Waals surface area contributed by atoms with Gasteiger partial charge in [0.15, 0.2) is 5.69 Å². The van der Waals surface area contributed by atoms with Gasteiger partial charge >= 0.3 is 6.18 Å². The standard InChI is InChI=1S/C10H13F3N4O/c11-10(12,13)8-3-4-17(16-8)5-7(9(14)18)15-6-1-2-6/h3-4,6-7,15H,1-2,5H2,(H2,14,18). The van der Waals surface area contributed by atoms with E-state index in [0.29, 0.717) is 0 Å². The fraction of sp³-hybridized carbons (Fsp3) is 0.600. The molecular formula is C10H13F3N4O. The molecule has 1 aromatic rings. The number of aromatic nitrogens is 2. The summed E-state index contributed by atoms with van der Waals surface area (Å²) in [5, 5.41) is 6.35. The molecule has 100 valence electrons. The monoisotopic (exact) mass is 262 g/mol. The van der Waals surface area contributed by atoms with Crippen LogP contribution in [0.3, 0.4) is 0 Å². The highest BCUT2D eigenvalue weighted by Crippen LogP contribution is 2.27. The largest absolute Gasteiger partial charge is 0.435 e. The van der Waals surface area contributed by atoms with Gasteiger partial charge in [0.1, 0.15) is 6.04 Å². The second kappa shape index (κ2) is 4.60. The van der Waals surface area contributed by atoms with Gasteiger partial charge in [-0.25, -0.2) is 0 Å². The van der Waals surface area contributed by atoms with Crippen LogP contribution in [0.1, 0.15) is 18.5 Å². The summed E-state index contributed by atoms with van der Waals surface area (Å²) in [4.78, 5) is 11.2. The van der Waals surface area contributed by atoms with E-state index < -0.39 is 23.8 Å². The Kier molecular flexibility index (Phi) is 3.29. The lowest BCUT2D eigenvalue weighted by Gasteiger charge is -2.14. The summed E-state index contributed by atoms with van der Waals surface area (Å²) in [7, 11) is 0. The fourth-order valence-electron chi connectivity index (χ4n) is 1.56. The first-order valence-electron chi connectivity index (χ1n) is 5.52. The lowest BCUT2D eigenvalue weighted by molar-refractivity contribution is -0.141. The summed E-state index contributed by atoms with van der Waals surface area (Å²) in [5.74, 6) is -0.592. The predicted molar refractivity (Wildman–Crippen MR) is 56.4 cm³/mol. The predicted octanol–water partition coefficient (Wildman–Crippen LogP) is 0.508. The summed E-state index contributed by atoms with van der Waals surface area (Å²) in [6, 6.07) is 0.411. The summed E-state index contributed by atoms with van der Waals surface area (Å²) < 4.78 is 38.1. The molecule has 1 unspecified atom stereocenters. The van der Waals surface area contributed by atoms with Crippen molar-refractivity contribution in [3.05, 3.63) is 18.0 Å². The number of halogens is 3. The highest BCUT2D eigenvalue weighted by Gasteiger charge is 2.34. The van der Waals surface area contributed by atoms with Crippen molar-refractivity contribution in [3.8, 4) is 0 Å². The number of amides is 1. The molecule has 0 aliphatic heterocycles. The number of primary amides is 1. The molecule has 1 aliphatic rings. The van der Waals surface area contributed by atoms with Crippen LogP contribution >= 0.6 is 0 Å². The average molecular weight is 262 g/mol. The zero-order valence-electron chi connectivity index (χ0n) is 9.44. The third kappa shape index (κ3) is 3.22. The van der Waals surface area contributed by atoms with Crippen LogP contribution in [0.25, 0.3) is 0 Å². The zero-order valence-corrected chi connectivity index (χ0v) is 9.44. The van der Waals surface area contributed by atoms with E-state index in [-0.39, 0.29) is 12.6 Å². The summed E-state index contributed by atoms with van der Waals surface area (Å²) >= 11 is 0. The van der Waals surface area contributed by atoms with E-state index in [2.05, 4.69) is 10.4 Å². The second-order valence-corrected chi connectivity index (χ2v) is 4.32. The maximum atomic E-state index is 12.3. The molecule has 1 aromatic heterocycles. The highest BCUT2D eigenvalue weighted by molar-refractivity contribution is 5.79. The number of carbonyl (C=O) groups excluding carboxylic acids is 1. The summed E-state index contributed by atoms with van der Waals surface area (Å²) in [5.41, 5.74) is 4.21. The highest BCUT2D eigenvalue weighted by atomic mass is 19.4. The van der Waals surface area contributed by atoms with Crippen molar-refractivity contribution in [2.24, 2.45) is 5.73 Å². The Labute approximate surface area is 101 Å². The van der Waals surface area contributed by atoms with E-state index in [1.165, 1.54) is 6.20 Å². The van der Waals surface area contributed by atoms with Crippen molar-refractivity contribution < 1.29 is 18.0 Å². The third-order valence-electron chi connectivity index (χ3n) is 2.66. The number of nitrogens with two attached hydrogens (primary N) is 1. The lowest BCUT2D eigenvalue weighted by Crippen LogP contribution is -2.45. The first-order chi connectivity index (χ1) is 8.36. The van der Waals surface area contributed by atoms with Gasteiger partial charge in [0.05, 0.1) is 6.54 Å². The zero-order chi connectivity index (χ0) is 13.3. The van der Waals surface area contributed by atoms with E-state index >= 15 is 0 Å². The molecule has 0 radical (unpaired) electrons. The molecule has 1 atom stereocenters. The van der Waals surface area contributed by atoms with Gasteiger partial charge in [0.25, 0.3) is 0 Å². The van der Waals surface area contributed by atoms with Crippen molar-refractivity contribution in [3.63, 3.8) is 0 Å². The van der Waals surface area contributed by atoms with Gasteiger partial charge in [-0.3, -0.25) is 9.48 Å². The van der Waals surface area contributed by atoms with Gasteiger partial charge in [-0.15, -0.1) is 0 Å². The minimum absolute atomic E-state index is 0.00190. The van der Waals surface area contributed by atoms with E-state index in [4.69, 9.17) is 5.73 Å². The summed E-state index contributed by atoms with van der Waals surface area (Å²) in [6.45, 7) is 0.00190. The minimum Gasteiger partial charge on any atom is -0.368 e. The van der Waals surface area contributed by atoms with Gasteiger partial charge in [0, 0.05) is 12.2 Å². The van der Waals surface area contributed by atoms with Crippen LogP contribution in [-0.4, -0.2) is 27.8 Å². The van der Waals surface area contributed by atoms with Gasteiger partial charge in [-0.05, 0) is 18.9 Å². The maximum absolute atomic E-state index is 12.3. The molecule has 1 heterocycles. The lowest BCUT2D eigenvalue weighted by atomic mass is 10.2. The topological polar surface area (TPSA) is 72.9 Å². The molecule has 0 saturated heterocycles. The number of carbonyl (C=O) groups is 1. The van der Waals surface area contributed by atoms with Crippen LogP contribution in [0.2, 0.25) is 0 Å². The average Bonchev–Trinajstić information content (AvgIpc) is 2.91. The molecule has 2 rings (SSSR count). The van der Waals surface area contributed by atoms with Gasteiger partial charge < -0.3 is 11.1 Å². The van der Waals surface area contributed by atoms with Gasteiger partial charge in [-0.2, -0.15) is 18.3 Å². The number of nitrogens with one attached hydrogen (secondary N) is 1. The Morgan fingerprint density at radius 1 is 1.61 bits per heavy atom. The van der Waals surface area contributed by atoms with Crippen LogP contribution in [-0.2, 0) is 17.5 Å². The molecule has 0 bridgehead atoms. The molecule has 8 heteroatoms.